The average molecular weight is 375 g/mol. The van der Waals surface area contributed by atoms with E-state index in [1.807, 2.05) is 13.8 Å². The monoisotopic (exact) mass is 374 g/mol. The van der Waals surface area contributed by atoms with Crippen LogP contribution in [0.2, 0.25) is 0 Å². The van der Waals surface area contributed by atoms with E-state index >= 15 is 0 Å². The Hall–Kier alpha value is -2.48. The fourth-order valence-electron chi connectivity index (χ4n) is 2.21. The van der Waals surface area contributed by atoms with Crippen molar-refractivity contribution in [2.45, 2.75) is 27.2 Å². The number of aryl methyl sites for hydroxylation is 2. The van der Waals surface area contributed by atoms with Crippen LogP contribution >= 0.6 is 11.3 Å². The number of pyridine rings is 1. The largest absolute Gasteiger partial charge is 0.357 e. The first-order chi connectivity index (χ1) is 12.6. The van der Waals surface area contributed by atoms with Crippen LogP contribution in [0.25, 0.3) is 0 Å². The standard InChI is InChI=1S/C18H26N6OS/c1-4-20-18(22-9-7-16-24-13(2)14(3)26-16)23-11-10-21-17(25)15-6-5-8-19-12-15/h5-6,8,12H,4,7,9-11H2,1-3H3,(H,21,25)(H2,20,22,23). The molecule has 2 aromatic rings. The Morgan fingerprint density at radius 3 is 2.69 bits per heavy atom. The van der Waals surface area contributed by atoms with Crippen LogP contribution in [-0.2, 0) is 6.42 Å². The van der Waals surface area contributed by atoms with Crippen molar-refractivity contribution in [3.63, 3.8) is 0 Å². The Morgan fingerprint density at radius 1 is 1.23 bits per heavy atom. The van der Waals surface area contributed by atoms with Crippen molar-refractivity contribution < 1.29 is 4.79 Å². The lowest BCUT2D eigenvalue weighted by Crippen LogP contribution is -2.41. The van der Waals surface area contributed by atoms with Crippen LogP contribution in [-0.4, -0.2) is 48.0 Å². The molecule has 2 aromatic heterocycles. The summed E-state index contributed by atoms with van der Waals surface area (Å²) in [5, 5.41) is 10.4. The minimum atomic E-state index is -0.128. The van der Waals surface area contributed by atoms with Gasteiger partial charge >= 0.3 is 0 Å². The van der Waals surface area contributed by atoms with Crippen molar-refractivity contribution in [1.29, 1.82) is 0 Å². The van der Waals surface area contributed by atoms with Crippen LogP contribution in [0.1, 0.15) is 32.9 Å². The van der Waals surface area contributed by atoms with Crippen LogP contribution < -0.4 is 16.0 Å². The predicted octanol–water partition coefficient (Wildman–Crippen LogP) is 1.68. The van der Waals surface area contributed by atoms with E-state index in [2.05, 4.69) is 37.8 Å². The average Bonchev–Trinajstić information content (AvgIpc) is 2.97. The van der Waals surface area contributed by atoms with Crippen molar-refractivity contribution in [2.75, 3.05) is 26.2 Å². The van der Waals surface area contributed by atoms with E-state index in [0.29, 0.717) is 25.2 Å². The number of guanidine groups is 1. The quantitative estimate of drug-likeness (QED) is 0.371. The molecule has 0 aromatic carbocycles. The summed E-state index contributed by atoms with van der Waals surface area (Å²) in [5.74, 6) is 0.615. The summed E-state index contributed by atoms with van der Waals surface area (Å²) in [4.78, 5) is 26.2. The maximum absolute atomic E-state index is 11.9. The number of carbonyl (C=O) groups excluding carboxylic acids is 1. The molecule has 1 amide bonds. The number of aromatic nitrogens is 2. The van der Waals surface area contributed by atoms with Crippen molar-refractivity contribution in [1.82, 2.24) is 25.9 Å². The van der Waals surface area contributed by atoms with Gasteiger partial charge in [-0.15, -0.1) is 11.3 Å². The van der Waals surface area contributed by atoms with Gasteiger partial charge in [0.05, 0.1) is 16.3 Å². The maximum Gasteiger partial charge on any atom is 0.252 e. The zero-order valence-corrected chi connectivity index (χ0v) is 16.3. The molecule has 0 saturated carbocycles. The van der Waals surface area contributed by atoms with E-state index < -0.39 is 0 Å². The van der Waals surface area contributed by atoms with Crippen molar-refractivity contribution in [3.05, 3.63) is 45.7 Å². The second kappa shape index (κ2) is 10.5. The molecule has 0 bridgehead atoms. The van der Waals surface area contributed by atoms with Crippen LogP contribution in [0.4, 0.5) is 0 Å². The third kappa shape index (κ3) is 6.44. The first-order valence-electron chi connectivity index (χ1n) is 8.73. The third-order valence-corrected chi connectivity index (χ3v) is 4.77. The number of hydrogen-bond acceptors (Lipinski definition) is 5. The van der Waals surface area contributed by atoms with Gasteiger partial charge in [0.15, 0.2) is 5.96 Å². The Kier molecular flexibility index (Phi) is 8.01. The highest BCUT2D eigenvalue weighted by Gasteiger charge is 2.05. The first-order valence-corrected chi connectivity index (χ1v) is 9.55. The molecule has 0 aliphatic heterocycles. The molecular weight excluding hydrogens is 348 g/mol. The second-order valence-electron chi connectivity index (χ2n) is 5.68. The van der Waals surface area contributed by atoms with Gasteiger partial charge in [-0.05, 0) is 32.9 Å². The summed E-state index contributed by atoms with van der Waals surface area (Å²) < 4.78 is 0. The number of thiazole rings is 1. The molecule has 0 unspecified atom stereocenters. The number of hydrogen-bond donors (Lipinski definition) is 3. The smallest absolute Gasteiger partial charge is 0.252 e. The summed E-state index contributed by atoms with van der Waals surface area (Å²) in [6.45, 7) is 8.69. The highest BCUT2D eigenvalue weighted by atomic mass is 32.1. The van der Waals surface area contributed by atoms with Crippen LogP contribution in [0, 0.1) is 13.8 Å². The molecule has 7 nitrogen and oxygen atoms in total. The molecule has 0 saturated heterocycles. The van der Waals surface area contributed by atoms with E-state index in [4.69, 9.17) is 0 Å². The molecule has 2 heterocycles. The predicted molar refractivity (Wildman–Crippen MR) is 106 cm³/mol. The minimum absolute atomic E-state index is 0.128. The molecule has 140 valence electrons. The Bertz CT molecular complexity index is 709. The fraction of sp³-hybridized carbons (Fsp3) is 0.444. The van der Waals surface area contributed by atoms with Crippen molar-refractivity contribution in [2.24, 2.45) is 4.99 Å². The third-order valence-electron chi connectivity index (χ3n) is 3.64. The molecule has 0 aliphatic carbocycles. The molecular formula is C18H26N6OS. The molecule has 3 N–H and O–H groups in total. The van der Waals surface area contributed by atoms with E-state index in [9.17, 15) is 4.79 Å². The normalized spacial score (nSPS) is 11.3. The SMILES string of the molecule is CCNC(=NCCc1nc(C)c(C)s1)NCCNC(=O)c1cccnc1. The lowest BCUT2D eigenvalue weighted by molar-refractivity contribution is 0.0954. The number of aliphatic imine (C=N–C) groups is 1. The summed E-state index contributed by atoms with van der Waals surface area (Å²) in [5.41, 5.74) is 1.66. The van der Waals surface area contributed by atoms with E-state index in [0.717, 1.165) is 29.6 Å². The maximum atomic E-state index is 11.9. The summed E-state index contributed by atoms with van der Waals surface area (Å²) in [6, 6.07) is 3.48. The van der Waals surface area contributed by atoms with Gasteiger partial charge in [0, 0.05) is 49.9 Å². The Morgan fingerprint density at radius 2 is 2.04 bits per heavy atom. The molecule has 0 aliphatic rings. The van der Waals surface area contributed by atoms with Gasteiger partial charge in [-0.25, -0.2) is 4.98 Å². The van der Waals surface area contributed by atoms with Gasteiger partial charge in [-0.2, -0.15) is 0 Å². The van der Waals surface area contributed by atoms with Crippen molar-refractivity contribution >= 4 is 23.2 Å². The molecule has 0 atom stereocenters. The number of rotatable bonds is 8. The first kappa shape index (κ1) is 19.8. The molecule has 2 rings (SSSR count). The Balaban J connectivity index is 1.73. The number of nitrogens with zero attached hydrogens (tertiary/aromatic N) is 3. The highest BCUT2D eigenvalue weighted by Crippen LogP contribution is 2.16. The van der Waals surface area contributed by atoms with Gasteiger partial charge in [-0.3, -0.25) is 14.8 Å². The summed E-state index contributed by atoms with van der Waals surface area (Å²) >= 11 is 1.73. The van der Waals surface area contributed by atoms with E-state index in [1.165, 1.54) is 4.88 Å². The number of amides is 1. The zero-order chi connectivity index (χ0) is 18.8. The zero-order valence-electron chi connectivity index (χ0n) is 15.5. The van der Waals surface area contributed by atoms with Crippen LogP contribution in [0.15, 0.2) is 29.5 Å². The molecule has 0 fully saturated rings. The topological polar surface area (TPSA) is 91.3 Å². The Labute approximate surface area is 158 Å². The number of nitrogens with one attached hydrogen (secondary N) is 3. The lowest BCUT2D eigenvalue weighted by atomic mass is 10.3. The molecule has 0 radical (unpaired) electrons. The van der Waals surface area contributed by atoms with Crippen LogP contribution in [0.3, 0.4) is 0 Å². The van der Waals surface area contributed by atoms with Gasteiger partial charge in [-0.1, -0.05) is 0 Å². The van der Waals surface area contributed by atoms with E-state index in [1.54, 1.807) is 35.9 Å². The van der Waals surface area contributed by atoms with Gasteiger partial charge in [0.2, 0.25) is 0 Å². The van der Waals surface area contributed by atoms with E-state index in [-0.39, 0.29) is 5.91 Å². The van der Waals surface area contributed by atoms with Gasteiger partial charge in [0.1, 0.15) is 0 Å². The number of carbonyl (C=O) groups is 1. The summed E-state index contributed by atoms with van der Waals surface area (Å²) in [7, 11) is 0. The van der Waals surface area contributed by atoms with Crippen LogP contribution in [0.5, 0.6) is 0 Å². The van der Waals surface area contributed by atoms with Crippen molar-refractivity contribution in [3.8, 4) is 0 Å². The molecule has 0 spiro atoms. The fourth-order valence-corrected chi connectivity index (χ4v) is 3.13. The second-order valence-corrected chi connectivity index (χ2v) is 6.97. The lowest BCUT2D eigenvalue weighted by Gasteiger charge is -2.11. The van der Waals surface area contributed by atoms with Gasteiger partial charge < -0.3 is 16.0 Å². The highest BCUT2D eigenvalue weighted by molar-refractivity contribution is 7.11. The summed E-state index contributed by atoms with van der Waals surface area (Å²) in [6.07, 6.45) is 4.02. The molecule has 8 heteroatoms. The minimum Gasteiger partial charge on any atom is -0.357 e. The molecule has 26 heavy (non-hydrogen) atoms. The van der Waals surface area contributed by atoms with Gasteiger partial charge in [0.25, 0.3) is 5.91 Å².